The van der Waals surface area contributed by atoms with Crippen LogP contribution in [0.15, 0.2) is 70.2 Å². The zero-order chi connectivity index (χ0) is 17.6. The van der Waals surface area contributed by atoms with E-state index in [4.69, 9.17) is 16.0 Å². The van der Waals surface area contributed by atoms with Crippen molar-refractivity contribution in [3.05, 3.63) is 77.3 Å². The molecule has 3 aromatic rings. The molecule has 1 heterocycles. The third kappa shape index (κ3) is 4.68. The molecule has 2 amide bonds. The maximum atomic E-state index is 13.2. The van der Waals surface area contributed by atoms with Crippen LogP contribution in [0.25, 0.3) is 11.3 Å². The summed E-state index contributed by atoms with van der Waals surface area (Å²) in [7, 11) is 0. The summed E-state index contributed by atoms with van der Waals surface area (Å²) in [5, 5.41) is 6.98. The van der Waals surface area contributed by atoms with Crippen LogP contribution >= 0.6 is 11.6 Å². The Labute approximate surface area is 148 Å². The zero-order valence-corrected chi connectivity index (χ0v) is 13.6. The molecule has 0 atom stereocenters. The van der Waals surface area contributed by atoms with E-state index in [2.05, 4.69) is 15.8 Å². The fourth-order valence-corrected chi connectivity index (χ4v) is 2.19. The number of hydrogen-bond donors (Lipinski definition) is 2. The van der Waals surface area contributed by atoms with Crippen LogP contribution in [0.3, 0.4) is 0 Å². The first kappa shape index (κ1) is 16.7. The molecule has 126 valence electrons. The number of rotatable bonds is 4. The molecule has 0 radical (unpaired) electrons. The first-order valence-corrected chi connectivity index (χ1v) is 7.69. The number of carbonyl (C=O) groups is 1. The topological polar surface area (TPSA) is 66.6 Å². The van der Waals surface area contributed by atoms with Gasteiger partial charge in [-0.2, -0.15) is 5.10 Å². The van der Waals surface area contributed by atoms with Crippen LogP contribution in [0.4, 0.5) is 14.9 Å². The lowest BCUT2D eigenvalue weighted by atomic mass is 10.2. The van der Waals surface area contributed by atoms with Gasteiger partial charge in [0.1, 0.15) is 17.3 Å². The molecule has 2 aromatic carbocycles. The predicted molar refractivity (Wildman–Crippen MR) is 95.3 cm³/mol. The number of carbonyl (C=O) groups excluding carboxylic acids is 1. The van der Waals surface area contributed by atoms with E-state index in [9.17, 15) is 9.18 Å². The molecule has 25 heavy (non-hydrogen) atoms. The van der Waals surface area contributed by atoms with Crippen LogP contribution in [-0.4, -0.2) is 12.2 Å². The lowest BCUT2D eigenvalue weighted by Crippen LogP contribution is -2.24. The first-order chi connectivity index (χ1) is 12.1. The highest BCUT2D eigenvalue weighted by atomic mass is 35.5. The van der Waals surface area contributed by atoms with Gasteiger partial charge in [-0.3, -0.25) is 0 Å². The molecule has 7 heteroatoms. The number of amides is 2. The normalized spacial score (nSPS) is 10.8. The quantitative estimate of drug-likeness (QED) is 0.515. The minimum Gasteiger partial charge on any atom is -0.455 e. The summed E-state index contributed by atoms with van der Waals surface area (Å²) in [5.41, 5.74) is 3.52. The number of nitrogens with one attached hydrogen (secondary N) is 2. The van der Waals surface area contributed by atoms with E-state index < -0.39 is 6.03 Å². The average molecular weight is 358 g/mol. The minimum atomic E-state index is -0.504. The second kappa shape index (κ2) is 7.63. The van der Waals surface area contributed by atoms with E-state index in [1.165, 1.54) is 18.3 Å². The van der Waals surface area contributed by atoms with Gasteiger partial charge in [-0.25, -0.2) is 14.6 Å². The van der Waals surface area contributed by atoms with Crippen molar-refractivity contribution in [2.45, 2.75) is 0 Å². The molecule has 1 aromatic heterocycles. The number of anilines is 1. The Balaban J connectivity index is 1.57. The molecule has 0 aliphatic heterocycles. The average Bonchev–Trinajstić information content (AvgIpc) is 3.06. The van der Waals surface area contributed by atoms with E-state index >= 15 is 0 Å². The molecule has 0 aliphatic carbocycles. The molecule has 0 aliphatic rings. The summed E-state index contributed by atoms with van der Waals surface area (Å²) in [6, 6.07) is 15.6. The number of urea groups is 1. The van der Waals surface area contributed by atoms with Crippen LogP contribution in [0.5, 0.6) is 0 Å². The zero-order valence-electron chi connectivity index (χ0n) is 12.9. The fraction of sp³-hybridized carbons (Fsp3) is 0. The molecule has 0 saturated heterocycles. The Morgan fingerprint density at radius 3 is 2.68 bits per heavy atom. The molecule has 3 rings (SSSR count). The molecule has 0 bridgehead atoms. The van der Waals surface area contributed by atoms with Crippen molar-refractivity contribution in [3.63, 3.8) is 0 Å². The van der Waals surface area contributed by atoms with Gasteiger partial charge in [0.05, 0.1) is 6.21 Å². The molecule has 0 saturated carbocycles. The maximum absolute atomic E-state index is 13.2. The van der Waals surface area contributed by atoms with E-state index in [0.29, 0.717) is 27.8 Å². The standard InChI is InChI=1S/C18H13ClFN3O2/c19-13-4-6-15(7-5-13)22-18(24)23-21-11-16-8-9-17(25-16)12-2-1-3-14(20)10-12/h1-11H,(H2,22,23,24)/b21-11+. The molecule has 2 N–H and O–H groups in total. The van der Waals surface area contributed by atoms with Crippen LogP contribution in [0, 0.1) is 5.82 Å². The van der Waals surface area contributed by atoms with Crippen LogP contribution in [0.2, 0.25) is 5.02 Å². The molecular formula is C18H13ClFN3O2. The van der Waals surface area contributed by atoms with Gasteiger partial charge in [-0.05, 0) is 48.5 Å². The fourth-order valence-electron chi connectivity index (χ4n) is 2.07. The van der Waals surface area contributed by atoms with Crippen molar-refractivity contribution >= 4 is 29.5 Å². The SMILES string of the molecule is O=C(N/N=C/c1ccc(-c2cccc(F)c2)o1)Nc1ccc(Cl)cc1. The summed E-state index contributed by atoms with van der Waals surface area (Å²) in [6.45, 7) is 0. The van der Waals surface area contributed by atoms with Gasteiger partial charge in [-0.15, -0.1) is 0 Å². The second-order valence-electron chi connectivity index (χ2n) is 5.04. The second-order valence-corrected chi connectivity index (χ2v) is 5.48. The van der Waals surface area contributed by atoms with Gasteiger partial charge in [-0.1, -0.05) is 23.7 Å². The molecular weight excluding hydrogens is 345 g/mol. The van der Waals surface area contributed by atoms with Crippen LogP contribution in [-0.2, 0) is 0 Å². The highest BCUT2D eigenvalue weighted by Crippen LogP contribution is 2.22. The predicted octanol–water partition coefficient (Wildman–Crippen LogP) is 4.89. The summed E-state index contributed by atoms with van der Waals surface area (Å²) < 4.78 is 18.8. The van der Waals surface area contributed by atoms with Gasteiger partial charge >= 0.3 is 6.03 Å². The Morgan fingerprint density at radius 1 is 1.12 bits per heavy atom. The monoisotopic (exact) mass is 357 g/mol. The molecule has 0 fully saturated rings. The number of halogens is 2. The van der Waals surface area contributed by atoms with Gasteiger partial charge in [0.2, 0.25) is 0 Å². The first-order valence-electron chi connectivity index (χ1n) is 7.31. The number of furan rings is 1. The Morgan fingerprint density at radius 2 is 1.92 bits per heavy atom. The van der Waals surface area contributed by atoms with E-state index in [1.807, 2.05) is 0 Å². The number of hydrogen-bond acceptors (Lipinski definition) is 3. The van der Waals surface area contributed by atoms with Crippen LogP contribution in [0.1, 0.15) is 5.76 Å². The number of nitrogens with zero attached hydrogens (tertiary/aromatic N) is 1. The summed E-state index contributed by atoms with van der Waals surface area (Å²) in [5.74, 6) is 0.585. The molecule has 5 nitrogen and oxygen atoms in total. The van der Waals surface area contributed by atoms with Gasteiger partial charge in [0.15, 0.2) is 0 Å². The minimum absolute atomic E-state index is 0.343. The Hall–Kier alpha value is -3.12. The Kier molecular flexibility index (Phi) is 5.11. The van der Waals surface area contributed by atoms with Gasteiger partial charge in [0.25, 0.3) is 0 Å². The number of hydrazone groups is 1. The summed E-state index contributed by atoms with van der Waals surface area (Å²) in [4.78, 5) is 11.7. The highest BCUT2D eigenvalue weighted by molar-refractivity contribution is 6.30. The van der Waals surface area contributed by atoms with E-state index in [1.54, 1.807) is 48.5 Å². The molecule has 0 spiro atoms. The van der Waals surface area contributed by atoms with Crippen molar-refractivity contribution in [1.29, 1.82) is 0 Å². The van der Waals surface area contributed by atoms with Crippen molar-refractivity contribution in [2.24, 2.45) is 5.10 Å². The lowest BCUT2D eigenvalue weighted by Gasteiger charge is -2.03. The van der Waals surface area contributed by atoms with Crippen molar-refractivity contribution < 1.29 is 13.6 Å². The number of benzene rings is 2. The molecule has 0 unspecified atom stereocenters. The Bertz CT molecular complexity index is 907. The van der Waals surface area contributed by atoms with Crippen molar-refractivity contribution in [3.8, 4) is 11.3 Å². The van der Waals surface area contributed by atoms with Gasteiger partial charge < -0.3 is 9.73 Å². The lowest BCUT2D eigenvalue weighted by molar-refractivity contribution is 0.252. The smallest absolute Gasteiger partial charge is 0.339 e. The van der Waals surface area contributed by atoms with E-state index in [-0.39, 0.29) is 5.82 Å². The third-order valence-electron chi connectivity index (χ3n) is 3.20. The van der Waals surface area contributed by atoms with Gasteiger partial charge in [0, 0.05) is 16.3 Å². The van der Waals surface area contributed by atoms with E-state index in [0.717, 1.165) is 0 Å². The van der Waals surface area contributed by atoms with Crippen molar-refractivity contribution in [2.75, 3.05) is 5.32 Å². The third-order valence-corrected chi connectivity index (χ3v) is 3.45. The van der Waals surface area contributed by atoms with Crippen molar-refractivity contribution in [1.82, 2.24) is 5.43 Å². The van der Waals surface area contributed by atoms with Crippen LogP contribution < -0.4 is 10.7 Å². The summed E-state index contributed by atoms with van der Waals surface area (Å²) >= 11 is 5.77. The largest absolute Gasteiger partial charge is 0.455 e. The maximum Gasteiger partial charge on any atom is 0.339 e. The summed E-state index contributed by atoms with van der Waals surface area (Å²) in [6.07, 6.45) is 1.35. The highest BCUT2D eigenvalue weighted by Gasteiger charge is 2.05.